The molecule has 0 aromatic carbocycles. The smallest absolute Gasteiger partial charge is 0.178 e. The number of hydrogen-bond acceptors (Lipinski definition) is 4. The molecule has 88 valence electrons. The van der Waals surface area contributed by atoms with Gasteiger partial charge in [-0.15, -0.1) is 0 Å². The van der Waals surface area contributed by atoms with Crippen molar-refractivity contribution in [1.29, 1.82) is 0 Å². The number of rotatable bonds is 2. The van der Waals surface area contributed by atoms with Crippen molar-refractivity contribution >= 4 is 0 Å². The lowest BCUT2D eigenvalue weighted by atomic mass is 10.1. The summed E-state index contributed by atoms with van der Waals surface area (Å²) < 4.78 is 0. The van der Waals surface area contributed by atoms with Gasteiger partial charge in [0.05, 0.1) is 0 Å². The Morgan fingerprint density at radius 3 is 2.59 bits per heavy atom. The second-order valence-corrected chi connectivity index (χ2v) is 4.24. The molecule has 2 aromatic heterocycles. The zero-order valence-electron chi connectivity index (χ0n) is 10.3. The van der Waals surface area contributed by atoms with E-state index in [-0.39, 0.29) is 6.04 Å². The Kier molecular flexibility index (Phi) is 3.15. The molecule has 0 saturated carbocycles. The van der Waals surface area contributed by atoms with E-state index in [1.54, 1.807) is 12.4 Å². The molecule has 0 bridgehead atoms. The highest BCUT2D eigenvalue weighted by Gasteiger charge is 2.09. The van der Waals surface area contributed by atoms with Crippen LogP contribution in [0.25, 0.3) is 11.5 Å². The first-order valence-electron chi connectivity index (χ1n) is 5.60. The molecule has 0 unspecified atom stereocenters. The number of nitrogens with zero attached hydrogens (tertiary/aromatic N) is 3. The third kappa shape index (κ3) is 2.47. The summed E-state index contributed by atoms with van der Waals surface area (Å²) in [7, 11) is 0. The molecule has 0 aliphatic rings. The monoisotopic (exact) mass is 228 g/mol. The van der Waals surface area contributed by atoms with Crippen LogP contribution in [0.5, 0.6) is 0 Å². The molecule has 2 heterocycles. The van der Waals surface area contributed by atoms with E-state index < -0.39 is 0 Å². The molecule has 2 aromatic rings. The van der Waals surface area contributed by atoms with Gasteiger partial charge in [-0.25, -0.2) is 9.97 Å². The van der Waals surface area contributed by atoms with Crippen LogP contribution in [0.15, 0.2) is 24.5 Å². The van der Waals surface area contributed by atoms with Crippen LogP contribution in [-0.2, 0) is 0 Å². The first kappa shape index (κ1) is 11.7. The average molecular weight is 228 g/mol. The molecule has 4 nitrogen and oxygen atoms in total. The van der Waals surface area contributed by atoms with Crippen LogP contribution in [0.1, 0.15) is 29.8 Å². The van der Waals surface area contributed by atoms with E-state index in [2.05, 4.69) is 15.0 Å². The number of nitrogens with two attached hydrogens (primary N) is 1. The summed E-state index contributed by atoms with van der Waals surface area (Å²) in [6.45, 7) is 5.89. The van der Waals surface area contributed by atoms with Gasteiger partial charge in [-0.2, -0.15) is 0 Å². The number of aryl methyl sites for hydroxylation is 2. The van der Waals surface area contributed by atoms with Gasteiger partial charge in [-0.1, -0.05) is 0 Å². The van der Waals surface area contributed by atoms with E-state index in [1.165, 1.54) is 0 Å². The third-order valence-electron chi connectivity index (χ3n) is 2.65. The van der Waals surface area contributed by atoms with E-state index in [4.69, 9.17) is 5.73 Å². The lowest BCUT2D eigenvalue weighted by Gasteiger charge is -2.09. The molecular formula is C13H16N4. The minimum absolute atomic E-state index is 0.0467. The van der Waals surface area contributed by atoms with Crippen LogP contribution >= 0.6 is 0 Å². The maximum Gasteiger partial charge on any atom is 0.178 e. The zero-order chi connectivity index (χ0) is 12.4. The van der Waals surface area contributed by atoms with Gasteiger partial charge in [-0.05, 0) is 38.5 Å². The highest BCUT2D eigenvalue weighted by atomic mass is 14.9. The van der Waals surface area contributed by atoms with Crippen molar-refractivity contribution in [2.45, 2.75) is 26.8 Å². The van der Waals surface area contributed by atoms with Crippen LogP contribution in [0, 0.1) is 13.8 Å². The van der Waals surface area contributed by atoms with Crippen molar-refractivity contribution in [3.8, 4) is 11.5 Å². The van der Waals surface area contributed by atoms with E-state index in [9.17, 15) is 0 Å². The van der Waals surface area contributed by atoms with Crippen LogP contribution in [0.4, 0.5) is 0 Å². The van der Waals surface area contributed by atoms with Crippen LogP contribution in [0.3, 0.4) is 0 Å². The SMILES string of the molecule is Cc1ccnc(-c2ncc([C@@H](C)N)c(C)n2)c1. The first-order valence-corrected chi connectivity index (χ1v) is 5.60. The Labute approximate surface area is 101 Å². The molecule has 0 amide bonds. The van der Waals surface area contributed by atoms with Gasteiger partial charge in [0.2, 0.25) is 0 Å². The van der Waals surface area contributed by atoms with Crippen molar-refractivity contribution in [3.63, 3.8) is 0 Å². The van der Waals surface area contributed by atoms with Gasteiger partial charge in [0.25, 0.3) is 0 Å². The highest BCUT2D eigenvalue weighted by molar-refractivity contribution is 5.50. The molecular weight excluding hydrogens is 212 g/mol. The summed E-state index contributed by atoms with van der Waals surface area (Å²) in [5, 5.41) is 0. The minimum Gasteiger partial charge on any atom is -0.324 e. The minimum atomic E-state index is -0.0467. The lowest BCUT2D eigenvalue weighted by molar-refractivity contribution is 0.790. The molecule has 0 spiro atoms. The summed E-state index contributed by atoms with van der Waals surface area (Å²) in [6, 6.07) is 3.88. The van der Waals surface area contributed by atoms with Crippen LogP contribution < -0.4 is 5.73 Å². The quantitative estimate of drug-likeness (QED) is 0.855. The Morgan fingerprint density at radius 1 is 1.24 bits per heavy atom. The molecule has 2 rings (SSSR count). The van der Waals surface area contributed by atoms with Gasteiger partial charge < -0.3 is 5.73 Å². The standard InChI is InChI=1S/C13H16N4/c1-8-4-5-15-12(6-8)13-16-7-11(9(2)14)10(3)17-13/h4-7,9H,14H2,1-3H3/t9-/m1/s1. The van der Waals surface area contributed by atoms with E-state index in [1.807, 2.05) is 32.9 Å². The molecule has 17 heavy (non-hydrogen) atoms. The largest absolute Gasteiger partial charge is 0.324 e. The molecule has 0 aliphatic heterocycles. The fourth-order valence-electron chi connectivity index (χ4n) is 1.71. The van der Waals surface area contributed by atoms with Gasteiger partial charge >= 0.3 is 0 Å². The molecule has 0 saturated heterocycles. The van der Waals surface area contributed by atoms with E-state index >= 15 is 0 Å². The summed E-state index contributed by atoms with van der Waals surface area (Å²) in [4.78, 5) is 13.0. The molecule has 2 N–H and O–H groups in total. The zero-order valence-corrected chi connectivity index (χ0v) is 10.3. The van der Waals surface area contributed by atoms with E-state index in [0.29, 0.717) is 5.82 Å². The third-order valence-corrected chi connectivity index (χ3v) is 2.65. The predicted octanol–water partition coefficient (Wildman–Crippen LogP) is 2.18. The van der Waals surface area contributed by atoms with Crippen LogP contribution in [-0.4, -0.2) is 15.0 Å². The summed E-state index contributed by atoms with van der Waals surface area (Å²) in [6.07, 6.45) is 3.55. The van der Waals surface area contributed by atoms with E-state index in [0.717, 1.165) is 22.5 Å². The number of aromatic nitrogens is 3. The summed E-state index contributed by atoms with van der Waals surface area (Å²) in [5.74, 6) is 0.649. The maximum atomic E-state index is 5.83. The summed E-state index contributed by atoms with van der Waals surface area (Å²) in [5.41, 5.74) is 9.66. The van der Waals surface area contributed by atoms with Crippen molar-refractivity contribution < 1.29 is 0 Å². The van der Waals surface area contributed by atoms with Crippen molar-refractivity contribution in [2.24, 2.45) is 5.73 Å². The lowest BCUT2D eigenvalue weighted by Crippen LogP contribution is -2.09. The maximum absolute atomic E-state index is 5.83. The first-order chi connectivity index (χ1) is 8.08. The number of hydrogen-bond donors (Lipinski definition) is 1. The molecule has 0 radical (unpaired) electrons. The van der Waals surface area contributed by atoms with Gasteiger partial charge in [0, 0.05) is 29.7 Å². The average Bonchev–Trinajstić information content (AvgIpc) is 2.28. The summed E-state index contributed by atoms with van der Waals surface area (Å²) >= 11 is 0. The van der Waals surface area contributed by atoms with Gasteiger partial charge in [-0.3, -0.25) is 4.98 Å². The Hall–Kier alpha value is -1.81. The topological polar surface area (TPSA) is 64.7 Å². The fourth-order valence-corrected chi connectivity index (χ4v) is 1.71. The Balaban J connectivity index is 2.44. The second-order valence-electron chi connectivity index (χ2n) is 4.24. The molecule has 4 heteroatoms. The predicted molar refractivity (Wildman–Crippen MR) is 67.3 cm³/mol. The highest BCUT2D eigenvalue weighted by Crippen LogP contribution is 2.17. The van der Waals surface area contributed by atoms with Gasteiger partial charge in [0.1, 0.15) is 5.69 Å². The van der Waals surface area contributed by atoms with Crippen molar-refractivity contribution in [1.82, 2.24) is 15.0 Å². The molecule has 1 atom stereocenters. The molecule has 0 fully saturated rings. The Morgan fingerprint density at radius 2 is 2.00 bits per heavy atom. The normalized spacial score (nSPS) is 12.5. The fraction of sp³-hybridized carbons (Fsp3) is 0.308. The van der Waals surface area contributed by atoms with Crippen molar-refractivity contribution in [2.75, 3.05) is 0 Å². The van der Waals surface area contributed by atoms with Crippen molar-refractivity contribution in [3.05, 3.63) is 41.3 Å². The second kappa shape index (κ2) is 4.59. The van der Waals surface area contributed by atoms with Crippen LogP contribution in [0.2, 0.25) is 0 Å². The molecule has 0 aliphatic carbocycles. The Bertz CT molecular complexity index is 535. The number of pyridine rings is 1. The van der Waals surface area contributed by atoms with Gasteiger partial charge in [0.15, 0.2) is 5.82 Å².